The SMILES string of the molecule is CCN1C(=O)C(C)(C)Oc2cc(Nc3ncc(C#N)c(NC4CC(C)(C)NC(C)(C)C4)n3)ccc21. The molecule has 4 rings (SSSR count). The minimum absolute atomic E-state index is 0.0367. The fourth-order valence-corrected chi connectivity index (χ4v) is 5.34. The van der Waals surface area contributed by atoms with E-state index in [-0.39, 0.29) is 23.0 Å². The molecule has 9 heteroatoms. The molecule has 0 aliphatic carbocycles. The lowest BCUT2D eigenvalue weighted by molar-refractivity contribution is -0.132. The first kappa shape index (κ1) is 24.7. The van der Waals surface area contributed by atoms with Crippen LogP contribution in [0.3, 0.4) is 0 Å². The van der Waals surface area contributed by atoms with E-state index in [0.717, 1.165) is 24.2 Å². The number of anilines is 4. The van der Waals surface area contributed by atoms with Crippen LogP contribution < -0.4 is 25.6 Å². The fourth-order valence-electron chi connectivity index (χ4n) is 5.34. The fraction of sp³-hybridized carbons (Fsp3) is 0.538. The molecule has 0 radical (unpaired) electrons. The largest absolute Gasteiger partial charge is 0.476 e. The molecule has 1 amide bonds. The van der Waals surface area contributed by atoms with Gasteiger partial charge in [-0.15, -0.1) is 0 Å². The van der Waals surface area contributed by atoms with Gasteiger partial charge >= 0.3 is 0 Å². The number of likely N-dealkylation sites (N-methyl/N-ethyl adjacent to an activating group) is 1. The second-order valence-electron chi connectivity index (χ2n) is 11.2. The number of amides is 1. The van der Waals surface area contributed by atoms with Crippen molar-refractivity contribution < 1.29 is 9.53 Å². The number of nitrogens with one attached hydrogen (secondary N) is 3. The molecule has 0 bridgehead atoms. The number of rotatable bonds is 5. The van der Waals surface area contributed by atoms with Gasteiger partial charge in [0.05, 0.1) is 11.9 Å². The molecule has 1 saturated heterocycles. The zero-order valence-corrected chi connectivity index (χ0v) is 21.6. The van der Waals surface area contributed by atoms with Crippen molar-refractivity contribution in [2.24, 2.45) is 0 Å². The van der Waals surface area contributed by atoms with Crippen molar-refractivity contribution in [1.82, 2.24) is 15.3 Å². The first-order valence-electron chi connectivity index (χ1n) is 12.1. The van der Waals surface area contributed by atoms with Gasteiger partial charge in [0, 0.05) is 35.4 Å². The first-order valence-corrected chi connectivity index (χ1v) is 12.1. The van der Waals surface area contributed by atoms with Gasteiger partial charge in [-0.05, 0) is 73.4 Å². The Morgan fingerprint density at radius 2 is 1.89 bits per heavy atom. The highest BCUT2D eigenvalue weighted by Crippen LogP contribution is 2.40. The normalized spacial score (nSPS) is 20.4. The molecule has 9 nitrogen and oxygen atoms in total. The lowest BCUT2D eigenvalue weighted by Gasteiger charge is -2.46. The number of hydrogen-bond donors (Lipinski definition) is 3. The van der Waals surface area contributed by atoms with Gasteiger partial charge in [-0.2, -0.15) is 10.2 Å². The molecular weight excluding hydrogens is 442 g/mol. The van der Waals surface area contributed by atoms with E-state index in [9.17, 15) is 10.1 Å². The van der Waals surface area contributed by atoms with Crippen LogP contribution in [0, 0.1) is 11.3 Å². The van der Waals surface area contributed by atoms with Gasteiger partial charge in [-0.1, -0.05) is 0 Å². The van der Waals surface area contributed by atoms with Crippen molar-refractivity contribution >= 4 is 29.0 Å². The topological polar surface area (TPSA) is 115 Å². The molecule has 0 unspecified atom stereocenters. The molecule has 2 aromatic rings. The highest BCUT2D eigenvalue weighted by molar-refractivity contribution is 6.02. The van der Waals surface area contributed by atoms with Crippen molar-refractivity contribution in [3.63, 3.8) is 0 Å². The van der Waals surface area contributed by atoms with Gasteiger partial charge in [0.25, 0.3) is 5.91 Å². The zero-order valence-electron chi connectivity index (χ0n) is 21.6. The number of nitriles is 1. The highest BCUT2D eigenvalue weighted by Gasteiger charge is 2.40. The molecule has 3 heterocycles. The average molecular weight is 478 g/mol. The van der Waals surface area contributed by atoms with Gasteiger partial charge in [0.2, 0.25) is 5.95 Å². The van der Waals surface area contributed by atoms with E-state index in [2.05, 4.69) is 59.7 Å². The van der Waals surface area contributed by atoms with E-state index < -0.39 is 5.60 Å². The third kappa shape index (κ3) is 5.17. The lowest BCUT2D eigenvalue weighted by atomic mass is 9.79. The monoisotopic (exact) mass is 477 g/mol. The minimum Gasteiger partial charge on any atom is -0.476 e. The highest BCUT2D eigenvalue weighted by atomic mass is 16.5. The molecule has 2 aliphatic rings. The number of aromatic nitrogens is 2. The Hall–Kier alpha value is -3.38. The number of ether oxygens (including phenoxy) is 1. The summed E-state index contributed by atoms with van der Waals surface area (Å²) in [5.41, 5.74) is 0.847. The predicted molar refractivity (Wildman–Crippen MR) is 137 cm³/mol. The van der Waals surface area contributed by atoms with E-state index >= 15 is 0 Å². The summed E-state index contributed by atoms with van der Waals surface area (Å²) in [6, 6.07) is 7.92. The summed E-state index contributed by atoms with van der Waals surface area (Å²) in [5, 5.41) is 20.0. The van der Waals surface area contributed by atoms with Crippen LogP contribution in [0.1, 0.15) is 66.9 Å². The smallest absolute Gasteiger partial charge is 0.270 e. The van der Waals surface area contributed by atoms with Crippen LogP contribution in [0.4, 0.5) is 23.1 Å². The van der Waals surface area contributed by atoms with Crippen LogP contribution in [-0.4, -0.2) is 45.1 Å². The van der Waals surface area contributed by atoms with E-state index in [0.29, 0.717) is 29.6 Å². The van der Waals surface area contributed by atoms with Gasteiger partial charge in [-0.25, -0.2) is 4.98 Å². The Labute approximate surface area is 207 Å². The Balaban J connectivity index is 1.58. The zero-order chi connectivity index (χ0) is 25.6. The van der Waals surface area contributed by atoms with Crippen LogP contribution in [0.5, 0.6) is 5.75 Å². The maximum Gasteiger partial charge on any atom is 0.270 e. The van der Waals surface area contributed by atoms with Crippen LogP contribution in [0.25, 0.3) is 0 Å². The van der Waals surface area contributed by atoms with Crippen molar-refractivity contribution in [2.75, 3.05) is 22.1 Å². The predicted octanol–water partition coefficient (Wildman–Crippen LogP) is 4.34. The van der Waals surface area contributed by atoms with Crippen molar-refractivity contribution in [2.45, 2.75) is 84.0 Å². The maximum absolute atomic E-state index is 12.7. The number of piperidine rings is 1. The van der Waals surface area contributed by atoms with E-state index in [4.69, 9.17) is 4.74 Å². The molecule has 35 heavy (non-hydrogen) atoms. The summed E-state index contributed by atoms with van der Waals surface area (Å²) in [6.07, 6.45) is 3.34. The second-order valence-corrected chi connectivity index (χ2v) is 11.2. The van der Waals surface area contributed by atoms with Crippen molar-refractivity contribution in [1.29, 1.82) is 5.26 Å². The van der Waals surface area contributed by atoms with Gasteiger partial charge < -0.3 is 25.6 Å². The quantitative estimate of drug-likeness (QED) is 0.583. The number of benzene rings is 1. The van der Waals surface area contributed by atoms with Crippen LogP contribution >= 0.6 is 0 Å². The summed E-state index contributed by atoms with van der Waals surface area (Å²) in [6.45, 7) is 14.8. The van der Waals surface area contributed by atoms with E-state index in [1.807, 2.05) is 25.1 Å². The van der Waals surface area contributed by atoms with Gasteiger partial charge in [0.15, 0.2) is 5.60 Å². The first-order chi connectivity index (χ1) is 16.3. The Morgan fingerprint density at radius 3 is 2.51 bits per heavy atom. The number of hydrogen-bond acceptors (Lipinski definition) is 8. The van der Waals surface area contributed by atoms with Crippen LogP contribution in [0.15, 0.2) is 24.4 Å². The van der Waals surface area contributed by atoms with Gasteiger partial charge in [-0.3, -0.25) is 4.79 Å². The third-order valence-corrected chi connectivity index (χ3v) is 6.39. The van der Waals surface area contributed by atoms with E-state index in [1.165, 1.54) is 6.20 Å². The maximum atomic E-state index is 12.7. The van der Waals surface area contributed by atoms with Gasteiger partial charge in [0.1, 0.15) is 23.2 Å². The second kappa shape index (κ2) is 8.68. The summed E-state index contributed by atoms with van der Waals surface area (Å²) < 4.78 is 6.01. The molecular formula is C26H35N7O2. The molecule has 1 aromatic heterocycles. The van der Waals surface area contributed by atoms with Crippen molar-refractivity contribution in [3.05, 3.63) is 30.0 Å². The van der Waals surface area contributed by atoms with E-state index in [1.54, 1.807) is 18.7 Å². The summed E-state index contributed by atoms with van der Waals surface area (Å²) in [7, 11) is 0. The number of nitrogens with zero attached hydrogens (tertiary/aromatic N) is 4. The molecule has 0 saturated carbocycles. The number of fused-ring (bicyclic) bond motifs is 1. The standard InChI is InChI=1S/C26H35N7O2/c1-8-33-19-10-9-17(11-20(19)35-26(6,7)22(33)34)30-23-28-15-16(14-27)21(31-23)29-18-12-24(2,3)32-25(4,5)13-18/h9-11,15,18,32H,8,12-13H2,1-7H3,(H2,28,29,30,31). The van der Waals surface area contributed by atoms with Crippen LogP contribution in [0.2, 0.25) is 0 Å². The molecule has 3 N–H and O–H groups in total. The Bertz CT molecular complexity index is 1170. The summed E-state index contributed by atoms with van der Waals surface area (Å²) >= 11 is 0. The summed E-state index contributed by atoms with van der Waals surface area (Å²) in [4.78, 5) is 23.4. The Kier molecular flexibility index (Phi) is 6.14. The third-order valence-electron chi connectivity index (χ3n) is 6.39. The van der Waals surface area contributed by atoms with Crippen molar-refractivity contribution in [3.8, 4) is 11.8 Å². The lowest BCUT2D eigenvalue weighted by Crippen LogP contribution is -2.60. The Morgan fingerprint density at radius 1 is 1.20 bits per heavy atom. The molecule has 2 aliphatic heterocycles. The molecule has 0 spiro atoms. The van der Waals surface area contributed by atoms with Crippen LogP contribution in [-0.2, 0) is 4.79 Å². The average Bonchev–Trinajstić information content (AvgIpc) is 2.72. The minimum atomic E-state index is -0.944. The molecule has 186 valence electrons. The molecule has 1 aromatic carbocycles. The number of carbonyl (C=O) groups is 1. The summed E-state index contributed by atoms with van der Waals surface area (Å²) in [5.74, 6) is 1.44. The molecule has 0 atom stereocenters. The molecule has 1 fully saturated rings. The number of carbonyl (C=O) groups excluding carboxylic acids is 1.